The summed E-state index contributed by atoms with van der Waals surface area (Å²) in [6, 6.07) is 0.249. The number of hydrogen-bond donors (Lipinski definition) is 0. The third kappa shape index (κ3) is 1.79. The summed E-state index contributed by atoms with van der Waals surface area (Å²) in [4.78, 5) is 13.3. The normalized spacial score (nSPS) is 30.7. The average Bonchev–Trinajstić information content (AvgIpc) is 2.04. The van der Waals surface area contributed by atoms with Gasteiger partial charge >= 0.3 is 0 Å². The molecule has 12 heavy (non-hydrogen) atoms. The Hall–Kier alpha value is -0.120. The smallest absolute Gasteiger partial charge is 0.150 e. The summed E-state index contributed by atoms with van der Waals surface area (Å²) >= 11 is 0. The monoisotopic (exact) mass is 191 g/mol. The first kappa shape index (κ1) is 9.96. The summed E-state index contributed by atoms with van der Waals surface area (Å²) in [5.41, 5.74) is 0. The Balaban J connectivity index is 0.000000720. The average molecular weight is 192 g/mol. The summed E-state index contributed by atoms with van der Waals surface area (Å²) in [5.74, 6) is 0.423. The quantitative estimate of drug-likeness (QED) is 0.604. The highest BCUT2D eigenvalue weighted by molar-refractivity contribution is 5.89. The Labute approximate surface area is 78.5 Å². The van der Waals surface area contributed by atoms with E-state index in [0.717, 1.165) is 39.1 Å². The molecular weight excluding hydrogens is 178 g/mol. The number of ketones is 1. The molecule has 70 valence electrons. The van der Waals surface area contributed by atoms with Gasteiger partial charge in [-0.3, -0.25) is 9.69 Å². The van der Waals surface area contributed by atoms with Crippen LogP contribution in [0.2, 0.25) is 0 Å². The van der Waals surface area contributed by atoms with E-state index in [2.05, 4.69) is 4.90 Å². The highest BCUT2D eigenvalue weighted by Crippen LogP contribution is 2.21. The lowest BCUT2D eigenvalue weighted by atomic mass is 9.89. The molecule has 1 aliphatic heterocycles. The molecule has 0 aromatic heterocycles. The molecule has 1 aliphatic carbocycles. The van der Waals surface area contributed by atoms with Crippen LogP contribution in [0, 0.1) is 0 Å². The Morgan fingerprint density at radius 1 is 1.33 bits per heavy atom. The maximum absolute atomic E-state index is 11.0. The second-order valence-corrected chi connectivity index (χ2v) is 3.17. The van der Waals surface area contributed by atoms with E-state index in [1.54, 1.807) is 0 Å². The van der Waals surface area contributed by atoms with Crippen LogP contribution in [0.15, 0.2) is 0 Å². The highest BCUT2D eigenvalue weighted by atomic mass is 35.5. The van der Waals surface area contributed by atoms with E-state index < -0.39 is 0 Å². The van der Waals surface area contributed by atoms with E-state index in [4.69, 9.17) is 4.74 Å². The molecular formula is C8H14ClNO2. The number of rotatable bonds is 1. The number of ether oxygens (including phenoxy) is 1. The van der Waals surface area contributed by atoms with Gasteiger partial charge in [0.1, 0.15) is 5.78 Å². The van der Waals surface area contributed by atoms with Gasteiger partial charge in [-0.05, 0) is 6.42 Å². The molecule has 2 aliphatic rings. The fourth-order valence-electron chi connectivity index (χ4n) is 1.67. The topological polar surface area (TPSA) is 29.5 Å². The van der Waals surface area contributed by atoms with E-state index >= 15 is 0 Å². The van der Waals surface area contributed by atoms with E-state index in [1.165, 1.54) is 0 Å². The molecule has 1 atom stereocenters. The molecule has 1 heterocycles. The number of morpholine rings is 1. The third-order valence-electron chi connectivity index (χ3n) is 2.52. The van der Waals surface area contributed by atoms with Gasteiger partial charge in [0.15, 0.2) is 0 Å². The third-order valence-corrected chi connectivity index (χ3v) is 2.52. The minimum absolute atomic E-state index is 0. The lowest BCUT2D eigenvalue weighted by Crippen LogP contribution is -2.51. The maximum atomic E-state index is 11.0. The van der Waals surface area contributed by atoms with E-state index in [-0.39, 0.29) is 18.4 Å². The SMILES string of the molecule is Cl.O=C1CCC1N1CCOCC1. The fraction of sp³-hybridized carbons (Fsp3) is 0.875. The second kappa shape index (κ2) is 4.21. The standard InChI is InChI=1S/C8H13NO2.ClH/c10-8-2-1-7(8)9-3-5-11-6-4-9;/h7H,1-6H2;1H. The van der Waals surface area contributed by atoms with Crippen molar-refractivity contribution in [2.75, 3.05) is 26.3 Å². The fourth-order valence-corrected chi connectivity index (χ4v) is 1.67. The number of carbonyl (C=O) groups excluding carboxylic acids is 1. The van der Waals surface area contributed by atoms with Crippen molar-refractivity contribution in [3.05, 3.63) is 0 Å². The van der Waals surface area contributed by atoms with Crippen molar-refractivity contribution in [2.24, 2.45) is 0 Å². The van der Waals surface area contributed by atoms with E-state index in [9.17, 15) is 4.79 Å². The Kier molecular flexibility index (Phi) is 3.50. The molecule has 0 radical (unpaired) electrons. The van der Waals surface area contributed by atoms with Crippen molar-refractivity contribution >= 4 is 18.2 Å². The predicted molar refractivity (Wildman–Crippen MR) is 47.7 cm³/mol. The zero-order chi connectivity index (χ0) is 7.68. The second-order valence-electron chi connectivity index (χ2n) is 3.17. The molecule has 0 bridgehead atoms. The molecule has 4 heteroatoms. The molecule has 0 N–H and O–H groups in total. The molecule has 0 aromatic carbocycles. The number of Topliss-reactive ketones (excluding diaryl/α,β-unsaturated/α-hetero) is 1. The summed E-state index contributed by atoms with van der Waals surface area (Å²) in [5, 5.41) is 0. The van der Waals surface area contributed by atoms with Gasteiger partial charge in [0, 0.05) is 19.5 Å². The first-order chi connectivity index (χ1) is 5.38. The number of halogens is 1. The van der Waals surface area contributed by atoms with Gasteiger partial charge < -0.3 is 4.74 Å². The first-order valence-corrected chi connectivity index (χ1v) is 4.22. The minimum atomic E-state index is 0. The molecule has 0 amide bonds. The molecule has 1 saturated carbocycles. The summed E-state index contributed by atoms with van der Waals surface area (Å²) in [6.07, 6.45) is 1.86. The Bertz CT molecular complexity index is 168. The van der Waals surface area contributed by atoms with Crippen LogP contribution in [-0.2, 0) is 9.53 Å². The van der Waals surface area contributed by atoms with Crippen LogP contribution in [0.25, 0.3) is 0 Å². The number of carbonyl (C=O) groups is 1. The van der Waals surface area contributed by atoms with Gasteiger partial charge in [0.2, 0.25) is 0 Å². The zero-order valence-electron chi connectivity index (χ0n) is 6.99. The molecule has 0 spiro atoms. The molecule has 2 rings (SSSR count). The Morgan fingerprint density at radius 3 is 2.42 bits per heavy atom. The molecule has 0 aromatic rings. The van der Waals surface area contributed by atoms with Gasteiger partial charge in [-0.15, -0.1) is 12.4 Å². The molecule has 2 fully saturated rings. The predicted octanol–water partition coefficient (Wildman–Crippen LogP) is 0.472. The van der Waals surface area contributed by atoms with Crippen molar-refractivity contribution in [3.8, 4) is 0 Å². The van der Waals surface area contributed by atoms with E-state index in [0.29, 0.717) is 5.78 Å². The first-order valence-electron chi connectivity index (χ1n) is 4.22. The minimum Gasteiger partial charge on any atom is -0.379 e. The van der Waals surface area contributed by atoms with Crippen LogP contribution >= 0.6 is 12.4 Å². The van der Waals surface area contributed by atoms with Gasteiger partial charge in [-0.1, -0.05) is 0 Å². The van der Waals surface area contributed by atoms with Crippen molar-refractivity contribution < 1.29 is 9.53 Å². The van der Waals surface area contributed by atoms with Crippen molar-refractivity contribution in [3.63, 3.8) is 0 Å². The van der Waals surface area contributed by atoms with Crippen molar-refractivity contribution in [1.82, 2.24) is 4.90 Å². The highest BCUT2D eigenvalue weighted by Gasteiger charge is 2.33. The van der Waals surface area contributed by atoms with Gasteiger partial charge in [0.25, 0.3) is 0 Å². The van der Waals surface area contributed by atoms with Crippen LogP contribution in [0.3, 0.4) is 0 Å². The summed E-state index contributed by atoms with van der Waals surface area (Å²) < 4.78 is 5.20. The lowest BCUT2D eigenvalue weighted by molar-refractivity contribution is -0.133. The van der Waals surface area contributed by atoms with Gasteiger partial charge in [0.05, 0.1) is 19.3 Å². The van der Waals surface area contributed by atoms with Crippen LogP contribution in [0.5, 0.6) is 0 Å². The largest absolute Gasteiger partial charge is 0.379 e. The van der Waals surface area contributed by atoms with Crippen molar-refractivity contribution in [2.45, 2.75) is 18.9 Å². The van der Waals surface area contributed by atoms with Crippen molar-refractivity contribution in [1.29, 1.82) is 0 Å². The number of nitrogens with zero attached hydrogens (tertiary/aromatic N) is 1. The van der Waals surface area contributed by atoms with E-state index in [1.807, 2.05) is 0 Å². The Morgan fingerprint density at radius 2 is 2.00 bits per heavy atom. The molecule has 3 nitrogen and oxygen atoms in total. The van der Waals surface area contributed by atoms with Crippen LogP contribution < -0.4 is 0 Å². The number of hydrogen-bond acceptors (Lipinski definition) is 3. The maximum Gasteiger partial charge on any atom is 0.150 e. The van der Waals surface area contributed by atoms with Crippen LogP contribution in [0.4, 0.5) is 0 Å². The van der Waals surface area contributed by atoms with Crippen LogP contribution in [-0.4, -0.2) is 43.0 Å². The zero-order valence-corrected chi connectivity index (χ0v) is 7.81. The van der Waals surface area contributed by atoms with Crippen LogP contribution in [0.1, 0.15) is 12.8 Å². The molecule has 1 unspecified atom stereocenters. The lowest BCUT2D eigenvalue weighted by Gasteiger charge is -2.38. The molecule has 1 saturated heterocycles. The summed E-state index contributed by atoms with van der Waals surface area (Å²) in [6.45, 7) is 3.47. The summed E-state index contributed by atoms with van der Waals surface area (Å²) in [7, 11) is 0. The van der Waals surface area contributed by atoms with Gasteiger partial charge in [-0.2, -0.15) is 0 Å². The van der Waals surface area contributed by atoms with Gasteiger partial charge in [-0.25, -0.2) is 0 Å².